The maximum Gasteiger partial charge on any atom is 0.0349 e. The molecular weight excluding hydrogens is 737 g/mol. The molecule has 0 fully saturated rings. The molecule has 9 aromatic carbocycles. The van der Waals surface area contributed by atoms with Gasteiger partial charge in [0.2, 0.25) is 0 Å². The summed E-state index contributed by atoms with van der Waals surface area (Å²) in [6, 6.07) is 56.1. The Morgan fingerprint density at radius 3 is 1.17 bits per heavy atom. The van der Waals surface area contributed by atoms with E-state index in [1.54, 1.807) is 0 Å². The van der Waals surface area contributed by atoms with E-state index >= 15 is 0 Å². The quantitative estimate of drug-likeness (QED) is 0.121. The van der Waals surface area contributed by atoms with Crippen LogP contribution < -0.4 is 0 Å². The van der Waals surface area contributed by atoms with Gasteiger partial charge in [0.1, 0.15) is 0 Å². The van der Waals surface area contributed by atoms with Crippen LogP contribution in [0.1, 0.15) is 49.9 Å². The van der Waals surface area contributed by atoms with Crippen LogP contribution in [0.3, 0.4) is 0 Å². The molecule has 0 N–H and O–H groups in total. The number of hydrogen-bond acceptors (Lipinski definition) is 2. The van der Waals surface area contributed by atoms with Crippen LogP contribution in [-0.4, -0.2) is 0 Å². The Kier molecular flexibility index (Phi) is 6.43. The van der Waals surface area contributed by atoms with Gasteiger partial charge in [-0.1, -0.05) is 113 Å². The maximum absolute atomic E-state index is 2.55. The summed E-state index contributed by atoms with van der Waals surface area (Å²) in [5.74, 6) is 0. The Bertz CT molecular complexity index is 3380. The van der Waals surface area contributed by atoms with Crippen LogP contribution in [-0.2, 0) is 10.8 Å². The number of hydrogen-bond donors (Lipinski definition) is 0. The lowest BCUT2D eigenvalue weighted by molar-refractivity contribution is 0.661. The fourth-order valence-electron chi connectivity index (χ4n) is 11.0. The molecule has 2 heterocycles. The van der Waals surface area contributed by atoms with Crippen molar-refractivity contribution in [2.75, 3.05) is 0 Å². The van der Waals surface area contributed by atoms with Crippen molar-refractivity contribution in [3.05, 3.63) is 179 Å². The summed E-state index contributed by atoms with van der Waals surface area (Å²) in [5.41, 5.74) is 16.2. The van der Waals surface area contributed by atoms with Gasteiger partial charge in [0, 0.05) is 42.1 Å². The van der Waals surface area contributed by atoms with Gasteiger partial charge in [0.05, 0.1) is 0 Å². The summed E-state index contributed by atoms with van der Waals surface area (Å²) in [5, 5.41) is 17.9. The highest BCUT2D eigenvalue weighted by molar-refractivity contribution is 7.18. The van der Waals surface area contributed by atoms with E-state index < -0.39 is 0 Å². The van der Waals surface area contributed by atoms with Crippen LogP contribution in [0.25, 0.3) is 108 Å². The first kappa shape index (κ1) is 33.0. The highest BCUT2D eigenvalue weighted by Gasteiger charge is 2.37. The minimum atomic E-state index is -0.0947. The summed E-state index contributed by atoms with van der Waals surface area (Å²) in [6.07, 6.45) is 0. The molecule has 0 atom stereocenters. The molecule has 13 rings (SSSR count). The predicted octanol–water partition coefficient (Wildman–Crippen LogP) is 16.7. The molecule has 0 radical (unpaired) electrons. The molecule has 0 amide bonds. The van der Waals surface area contributed by atoms with Crippen molar-refractivity contribution in [2.24, 2.45) is 0 Å². The summed E-state index contributed by atoms with van der Waals surface area (Å²) in [7, 11) is 0. The lowest BCUT2D eigenvalue weighted by atomic mass is 9.80. The first-order valence-corrected chi connectivity index (χ1v) is 22.1. The van der Waals surface area contributed by atoms with Crippen LogP contribution in [0.5, 0.6) is 0 Å². The van der Waals surface area contributed by atoms with E-state index in [0.717, 1.165) is 0 Å². The Hall–Kier alpha value is -6.06. The molecule has 2 aromatic heterocycles. The molecule has 2 aliphatic rings. The monoisotopic (exact) mass is 774 g/mol. The summed E-state index contributed by atoms with van der Waals surface area (Å²) < 4.78 is 2.66. The molecule has 0 unspecified atom stereocenters. The second-order valence-electron chi connectivity index (χ2n) is 17.7. The second kappa shape index (κ2) is 11.3. The largest absolute Gasteiger partial charge is 0.143 e. The van der Waals surface area contributed by atoms with E-state index in [9.17, 15) is 0 Å². The summed E-state index contributed by atoms with van der Waals surface area (Å²) in [6.45, 7) is 9.61. The lowest BCUT2D eigenvalue weighted by Crippen LogP contribution is -2.14. The van der Waals surface area contributed by atoms with Crippen LogP contribution >= 0.6 is 22.7 Å². The molecule has 274 valence electrons. The zero-order chi connectivity index (χ0) is 38.7. The third-order valence-corrected chi connectivity index (χ3v) is 15.9. The number of thiophene rings is 2. The standard InChI is InChI=1S/C56H38S2/c1-55(2)49-17-9-5-13-33(49)45-25-41-39(47-29-57-53-19-11-7-15-35(47)53)23-31-22-38-32(21-37(31)43(41)27-51(45)55)24-40(48-30-58-54-20-12-8-16-36(48)54)42-26-46-34-14-6-10-18-50(34)56(3,4)52(46)28-44(38)42/h5-30H,1-4H3. The number of benzene rings is 9. The third kappa shape index (κ3) is 4.24. The Morgan fingerprint density at radius 2 is 0.707 bits per heavy atom. The van der Waals surface area contributed by atoms with Crippen LogP contribution in [0.15, 0.2) is 156 Å². The normalized spacial score (nSPS) is 14.8. The lowest BCUT2D eigenvalue weighted by Gasteiger charge is -2.23. The van der Waals surface area contributed by atoms with Crippen molar-refractivity contribution in [3.63, 3.8) is 0 Å². The first-order chi connectivity index (χ1) is 28.3. The molecule has 2 aliphatic carbocycles. The Morgan fingerprint density at radius 1 is 0.293 bits per heavy atom. The first-order valence-electron chi connectivity index (χ1n) is 20.4. The molecule has 2 heteroatoms. The van der Waals surface area contributed by atoms with Crippen molar-refractivity contribution in [1.29, 1.82) is 0 Å². The van der Waals surface area contributed by atoms with Gasteiger partial charge in [-0.15, -0.1) is 22.7 Å². The van der Waals surface area contributed by atoms with E-state index in [-0.39, 0.29) is 10.8 Å². The SMILES string of the molecule is CC1(C)c2ccccc2-c2cc3c(-c4csc5ccccc45)cc4cc5c(cc(-c6csc7ccccc67)c6cc7c(cc65)C(C)(C)c5ccccc5-7)cc4c3cc21. The van der Waals surface area contributed by atoms with Crippen LogP contribution in [0.4, 0.5) is 0 Å². The van der Waals surface area contributed by atoms with Gasteiger partial charge < -0.3 is 0 Å². The maximum atomic E-state index is 2.55. The Labute approximate surface area is 345 Å². The molecule has 0 saturated heterocycles. The van der Waals surface area contributed by atoms with Crippen molar-refractivity contribution in [1.82, 2.24) is 0 Å². The van der Waals surface area contributed by atoms with Crippen LogP contribution in [0.2, 0.25) is 0 Å². The van der Waals surface area contributed by atoms with E-state index in [4.69, 9.17) is 0 Å². The van der Waals surface area contributed by atoms with E-state index in [1.807, 2.05) is 22.7 Å². The predicted molar refractivity (Wildman–Crippen MR) is 253 cm³/mol. The molecule has 0 bridgehead atoms. The molecule has 0 nitrogen and oxygen atoms in total. The fourth-order valence-corrected chi connectivity index (χ4v) is 12.9. The zero-order valence-electron chi connectivity index (χ0n) is 32.8. The minimum Gasteiger partial charge on any atom is -0.143 e. The number of fused-ring (bicyclic) bond motifs is 14. The molecule has 11 aromatic rings. The minimum absolute atomic E-state index is 0.0947. The topological polar surface area (TPSA) is 0 Å². The summed E-state index contributed by atoms with van der Waals surface area (Å²) >= 11 is 3.70. The van der Waals surface area contributed by atoms with Gasteiger partial charge in [0.15, 0.2) is 0 Å². The third-order valence-electron chi connectivity index (χ3n) is 14.0. The van der Waals surface area contributed by atoms with Gasteiger partial charge >= 0.3 is 0 Å². The van der Waals surface area contributed by atoms with Crippen molar-refractivity contribution >= 4 is 85.9 Å². The van der Waals surface area contributed by atoms with Gasteiger partial charge in [-0.3, -0.25) is 0 Å². The van der Waals surface area contributed by atoms with Crippen molar-refractivity contribution in [3.8, 4) is 44.5 Å². The molecular formula is C56H38S2. The zero-order valence-corrected chi connectivity index (χ0v) is 34.5. The molecule has 0 spiro atoms. The average Bonchev–Trinajstić information content (AvgIpc) is 3.99. The van der Waals surface area contributed by atoms with E-state index in [1.165, 1.54) is 130 Å². The molecule has 58 heavy (non-hydrogen) atoms. The smallest absolute Gasteiger partial charge is 0.0349 e. The second-order valence-corrected chi connectivity index (χ2v) is 19.5. The van der Waals surface area contributed by atoms with Gasteiger partial charge in [0.25, 0.3) is 0 Å². The van der Waals surface area contributed by atoms with Gasteiger partial charge in [-0.2, -0.15) is 0 Å². The highest BCUT2D eigenvalue weighted by Crippen LogP contribution is 2.54. The van der Waals surface area contributed by atoms with E-state index in [0.29, 0.717) is 0 Å². The van der Waals surface area contributed by atoms with E-state index in [2.05, 4.69) is 184 Å². The molecule has 0 aliphatic heterocycles. The fraction of sp³-hybridized carbons (Fsp3) is 0.107. The highest BCUT2D eigenvalue weighted by atomic mass is 32.1. The van der Waals surface area contributed by atoms with Gasteiger partial charge in [-0.05, 0) is 170 Å². The average molecular weight is 775 g/mol. The van der Waals surface area contributed by atoms with Crippen LogP contribution in [0, 0.1) is 0 Å². The van der Waals surface area contributed by atoms with Crippen molar-refractivity contribution < 1.29 is 0 Å². The van der Waals surface area contributed by atoms with Crippen molar-refractivity contribution in [2.45, 2.75) is 38.5 Å². The summed E-state index contributed by atoms with van der Waals surface area (Å²) in [4.78, 5) is 0. The molecule has 0 saturated carbocycles. The Balaban J connectivity index is 1.18. The number of rotatable bonds is 2. The van der Waals surface area contributed by atoms with Gasteiger partial charge in [-0.25, -0.2) is 0 Å².